The number of fused-ring (bicyclic) bond motifs is 1. The number of benzene rings is 2. The molecule has 8 heteroatoms. The standard InChI is InChI=1S/C20H23ClN4O.2ClH/c21-17-6-2-1-5-16(17)15-22-20-23-18-7-3-4-8-19(18)25(20)10-9-24-11-13-26-14-12-24;;/h1-8H,9-15H2,(H,22,23);2*1H. The van der Waals surface area contributed by atoms with Gasteiger partial charge in [0.1, 0.15) is 0 Å². The molecule has 1 aliphatic heterocycles. The predicted molar refractivity (Wildman–Crippen MR) is 120 cm³/mol. The summed E-state index contributed by atoms with van der Waals surface area (Å²) in [7, 11) is 0. The first kappa shape index (κ1) is 22.8. The SMILES string of the molecule is Cl.Cl.Clc1ccccc1CNc1nc2ccccc2n1CCN1CCOCC1. The summed E-state index contributed by atoms with van der Waals surface area (Å²) in [6, 6.07) is 16.2. The van der Waals surface area contributed by atoms with Gasteiger partial charge in [-0.15, -0.1) is 24.8 Å². The van der Waals surface area contributed by atoms with Crippen molar-refractivity contribution in [3.05, 3.63) is 59.1 Å². The molecule has 0 spiro atoms. The highest BCUT2D eigenvalue weighted by Gasteiger charge is 2.14. The van der Waals surface area contributed by atoms with E-state index in [1.54, 1.807) is 0 Å². The first-order valence-electron chi connectivity index (χ1n) is 9.04. The second-order valence-electron chi connectivity index (χ2n) is 6.47. The van der Waals surface area contributed by atoms with Crippen molar-refractivity contribution in [3.63, 3.8) is 0 Å². The minimum absolute atomic E-state index is 0. The zero-order valence-electron chi connectivity index (χ0n) is 15.5. The molecule has 1 saturated heterocycles. The van der Waals surface area contributed by atoms with Crippen LogP contribution in [0.15, 0.2) is 48.5 Å². The molecule has 1 aliphatic rings. The van der Waals surface area contributed by atoms with Crippen LogP contribution in [0.4, 0.5) is 5.95 Å². The van der Waals surface area contributed by atoms with Gasteiger partial charge in [0.05, 0.1) is 24.2 Å². The molecule has 4 rings (SSSR count). The summed E-state index contributed by atoms with van der Waals surface area (Å²) >= 11 is 6.29. The van der Waals surface area contributed by atoms with Gasteiger partial charge in [0.25, 0.3) is 0 Å². The molecule has 1 fully saturated rings. The van der Waals surface area contributed by atoms with E-state index in [9.17, 15) is 0 Å². The lowest BCUT2D eigenvalue weighted by Gasteiger charge is -2.27. The molecule has 0 bridgehead atoms. The van der Waals surface area contributed by atoms with E-state index in [-0.39, 0.29) is 24.8 Å². The Balaban J connectivity index is 0.00000140. The van der Waals surface area contributed by atoms with Gasteiger partial charge >= 0.3 is 0 Å². The van der Waals surface area contributed by atoms with Crippen molar-refractivity contribution in [2.24, 2.45) is 0 Å². The Kier molecular flexibility index (Phi) is 8.86. The van der Waals surface area contributed by atoms with Crippen molar-refractivity contribution in [1.29, 1.82) is 0 Å². The fourth-order valence-electron chi connectivity index (χ4n) is 3.32. The maximum atomic E-state index is 6.29. The average Bonchev–Trinajstić information content (AvgIpc) is 3.04. The van der Waals surface area contributed by atoms with Gasteiger partial charge in [0, 0.05) is 37.7 Å². The van der Waals surface area contributed by atoms with E-state index < -0.39 is 0 Å². The normalized spacial score (nSPS) is 14.3. The van der Waals surface area contributed by atoms with Crippen molar-refractivity contribution >= 4 is 53.4 Å². The molecule has 0 radical (unpaired) electrons. The van der Waals surface area contributed by atoms with Crippen LogP contribution in [0.25, 0.3) is 11.0 Å². The van der Waals surface area contributed by atoms with Crippen molar-refractivity contribution in [2.75, 3.05) is 38.2 Å². The van der Waals surface area contributed by atoms with E-state index in [2.05, 4.69) is 33.0 Å². The van der Waals surface area contributed by atoms with Crippen LogP contribution in [0.3, 0.4) is 0 Å². The van der Waals surface area contributed by atoms with Crippen LogP contribution in [0.2, 0.25) is 5.02 Å². The predicted octanol–water partition coefficient (Wildman–Crippen LogP) is 4.48. The third-order valence-electron chi connectivity index (χ3n) is 4.79. The van der Waals surface area contributed by atoms with Crippen LogP contribution in [-0.4, -0.2) is 47.3 Å². The Morgan fingerprint density at radius 2 is 1.68 bits per heavy atom. The molecule has 152 valence electrons. The van der Waals surface area contributed by atoms with Gasteiger partial charge < -0.3 is 14.6 Å². The maximum absolute atomic E-state index is 6.29. The van der Waals surface area contributed by atoms with Crippen LogP contribution < -0.4 is 5.32 Å². The topological polar surface area (TPSA) is 42.3 Å². The van der Waals surface area contributed by atoms with Crippen molar-refractivity contribution in [1.82, 2.24) is 14.5 Å². The number of imidazole rings is 1. The first-order chi connectivity index (χ1) is 12.8. The molecule has 28 heavy (non-hydrogen) atoms. The van der Waals surface area contributed by atoms with Crippen molar-refractivity contribution < 1.29 is 4.74 Å². The number of para-hydroxylation sites is 2. The number of halogens is 3. The fraction of sp³-hybridized carbons (Fsp3) is 0.350. The number of ether oxygens (including phenoxy) is 1. The summed E-state index contributed by atoms with van der Waals surface area (Å²) in [6.45, 7) is 6.17. The molecule has 1 aromatic heterocycles. The van der Waals surface area contributed by atoms with Crippen LogP contribution in [0.1, 0.15) is 5.56 Å². The van der Waals surface area contributed by atoms with Crippen LogP contribution in [-0.2, 0) is 17.8 Å². The smallest absolute Gasteiger partial charge is 0.204 e. The zero-order chi connectivity index (χ0) is 17.8. The molecular weight excluding hydrogens is 419 g/mol. The number of rotatable bonds is 6. The Morgan fingerprint density at radius 1 is 0.964 bits per heavy atom. The van der Waals surface area contributed by atoms with Crippen molar-refractivity contribution in [2.45, 2.75) is 13.1 Å². The summed E-state index contributed by atoms with van der Waals surface area (Å²) in [6.07, 6.45) is 0. The molecule has 3 aromatic rings. The van der Waals surface area contributed by atoms with E-state index in [1.165, 1.54) is 0 Å². The van der Waals surface area contributed by atoms with Gasteiger partial charge in [0.2, 0.25) is 5.95 Å². The van der Waals surface area contributed by atoms with E-state index in [0.29, 0.717) is 6.54 Å². The van der Waals surface area contributed by atoms with Crippen molar-refractivity contribution in [3.8, 4) is 0 Å². The number of nitrogens with one attached hydrogen (secondary N) is 1. The fourth-order valence-corrected chi connectivity index (χ4v) is 3.52. The average molecular weight is 444 g/mol. The molecular formula is C20H25Cl3N4O. The molecule has 0 atom stereocenters. The lowest BCUT2D eigenvalue weighted by Crippen LogP contribution is -2.38. The van der Waals surface area contributed by atoms with Gasteiger partial charge in [0.15, 0.2) is 0 Å². The number of hydrogen-bond donors (Lipinski definition) is 1. The monoisotopic (exact) mass is 442 g/mol. The van der Waals surface area contributed by atoms with E-state index in [1.807, 2.05) is 30.3 Å². The largest absolute Gasteiger partial charge is 0.379 e. The third-order valence-corrected chi connectivity index (χ3v) is 5.16. The zero-order valence-corrected chi connectivity index (χ0v) is 17.9. The van der Waals surface area contributed by atoms with Crippen LogP contribution in [0.5, 0.6) is 0 Å². The number of aromatic nitrogens is 2. The summed E-state index contributed by atoms with van der Waals surface area (Å²) in [5.74, 6) is 0.888. The summed E-state index contributed by atoms with van der Waals surface area (Å²) in [5, 5.41) is 4.25. The quantitative estimate of drug-likeness (QED) is 0.610. The molecule has 0 unspecified atom stereocenters. The Bertz CT molecular complexity index is 881. The maximum Gasteiger partial charge on any atom is 0.204 e. The number of hydrogen-bond acceptors (Lipinski definition) is 4. The van der Waals surface area contributed by atoms with Gasteiger partial charge in [-0.1, -0.05) is 41.9 Å². The molecule has 5 nitrogen and oxygen atoms in total. The van der Waals surface area contributed by atoms with E-state index in [4.69, 9.17) is 21.3 Å². The summed E-state index contributed by atoms with van der Waals surface area (Å²) < 4.78 is 7.71. The molecule has 2 heterocycles. The molecule has 0 amide bonds. The van der Waals surface area contributed by atoms with Gasteiger partial charge in [-0.05, 0) is 23.8 Å². The second-order valence-corrected chi connectivity index (χ2v) is 6.88. The number of anilines is 1. The highest BCUT2D eigenvalue weighted by atomic mass is 35.5. The molecule has 0 saturated carbocycles. The minimum atomic E-state index is 0. The number of morpholine rings is 1. The van der Waals surface area contributed by atoms with Crippen LogP contribution >= 0.6 is 36.4 Å². The van der Waals surface area contributed by atoms with Gasteiger partial charge in [-0.2, -0.15) is 0 Å². The highest BCUT2D eigenvalue weighted by molar-refractivity contribution is 6.31. The van der Waals surface area contributed by atoms with Gasteiger partial charge in [-0.3, -0.25) is 4.90 Å². The Morgan fingerprint density at radius 3 is 2.46 bits per heavy atom. The third kappa shape index (κ3) is 5.31. The Hall–Kier alpha value is -1.50. The summed E-state index contributed by atoms with van der Waals surface area (Å²) in [5.41, 5.74) is 3.24. The van der Waals surface area contributed by atoms with Gasteiger partial charge in [-0.25, -0.2) is 4.98 Å². The molecule has 1 N–H and O–H groups in total. The second kappa shape index (κ2) is 10.9. The molecule has 2 aromatic carbocycles. The van der Waals surface area contributed by atoms with Crippen LogP contribution in [0, 0.1) is 0 Å². The first-order valence-corrected chi connectivity index (χ1v) is 9.42. The summed E-state index contributed by atoms with van der Waals surface area (Å²) in [4.78, 5) is 7.23. The number of nitrogens with zero attached hydrogens (tertiary/aromatic N) is 3. The molecule has 0 aliphatic carbocycles. The lowest BCUT2D eigenvalue weighted by atomic mass is 10.2. The highest BCUT2D eigenvalue weighted by Crippen LogP contribution is 2.22. The minimum Gasteiger partial charge on any atom is -0.379 e. The Labute approximate surface area is 182 Å². The van der Waals surface area contributed by atoms with E-state index in [0.717, 1.165) is 67.0 Å². The lowest BCUT2D eigenvalue weighted by molar-refractivity contribution is 0.0366. The van der Waals surface area contributed by atoms with E-state index >= 15 is 0 Å².